The van der Waals surface area contributed by atoms with Gasteiger partial charge < -0.3 is 10.1 Å². The first-order chi connectivity index (χ1) is 10.2. The Kier molecular flexibility index (Phi) is 5.16. The largest absolute Gasteiger partial charge is 0.375 e. The van der Waals surface area contributed by atoms with Crippen LogP contribution in [0.15, 0.2) is 42.7 Å². The monoisotopic (exact) mass is 287 g/mol. The molecule has 7 heteroatoms. The van der Waals surface area contributed by atoms with Crippen molar-refractivity contribution in [1.29, 1.82) is 0 Å². The summed E-state index contributed by atoms with van der Waals surface area (Å²) < 4.78 is 6.83. The molecule has 21 heavy (non-hydrogen) atoms. The fourth-order valence-corrected chi connectivity index (χ4v) is 1.63. The van der Waals surface area contributed by atoms with Crippen LogP contribution in [0.1, 0.15) is 17.3 Å². The van der Waals surface area contributed by atoms with E-state index in [-0.39, 0.29) is 5.91 Å². The summed E-state index contributed by atoms with van der Waals surface area (Å²) in [4.78, 5) is 11.9. The average molecular weight is 287 g/mol. The third-order valence-corrected chi connectivity index (χ3v) is 2.62. The van der Waals surface area contributed by atoms with Gasteiger partial charge in [-0.1, -0.05) is 12.2 Å². The Morgan fingerprint density at radius 3 is 2.76 bits per heavy atom. The molecule has 110 valence electrons. The maximum absolute atomic E-state index is 11.9. The van der Waals surface area contributed by atoms with E-state index in [0.717, 1.165) is 11.3 Å². The minimum absolute atomic E-state index is 0.141. The van der Waals surface area contributed by atoms with E-state index in [1.165, 1.54) is 11.0 Å². The number of carbonyl (C=O) groups is 1. The molecule has 2 rings (SSSR count). The van der Waals surface area contributed by atoms with Gasteiger partial charge in [-0.15, -0.1) is 5.10 Å². The SMILES string of the molecule is C=C(C)COCCNC(=O)c1ccc(-n2cnnn2)cc1. The zero-order chi connectivity index (χ0) is 15.1. The van der Waals surface area contributed by atoms with Gasteiger partial charge in [0.25, 0.3) is 5.91 Å². The lowest BCUT2D eigenvalue weighted by Crippen LogP contribution is -2.27. The van der Waals surface area contributed by atoms with Crippen molar-refractivity contribution in [3.63, 3.8) is 0 Å². The number of rotatable bonds is 7. The Balaban J connectivity index is 1.81. The molecule has 1 N–H and O–H groups in total. The Morgan fingerprint density at radius 2 is 2.14 bits per heavy atom. The van der Waals surface area contributed by atoms with Gasteiger partial charge in [-0.2, -0.15) is 0 Å². The molecule has 0 saturated heterocycles. The molecule has 0 unspecified atom stereocenters. The van der Waals surface area contributed by atoms with Crippen molar-refractivity contribution >= 4 is 5.91 Å². The van der Waals surface area contributed by atoms with Crippen LogP contribution in [0, 0.1) is 0 Å². The van der Waals surface area contributed by atoms with E-state index in [1.807, 2.05) is 6.92 Å². The third-order valence-electron chi connectivity index (χ3n) is 2.62. The summed E-state index contributed by atoms with van der Waals surface area (Å²) >= 11 is 0. The van der Waals surface area contributed by atoms with Crippen molar-refractivity contribution in [1.82, 2.24) is 25.5 Å². The molecule has 1 heterocycles. The zero-order valence-corrected chi connectivity index (χ0v) is 11.8. The molecule has 1 amide bonds. The van der Waals surface area contributed by atoms with Crippen molar-refractivity contribution in [2.75, 3.05) is 19.8 Å². The smallest absolute Gasteiger partial charge is 0.251 e. The third kappa shape index (κ3) is 4.50. The maximum Gasteiger partial charge on any atom is 0.251 e. The second-order valence-corrected chi connectivity index (χ2v) is 4.57. The summed E-state index contributed by atoms with van der Waals surface area (Å²) in [6.07, 6.45) is 1.49. The van der Waals surface area contributed by atoms with Crippen molar-refractivity contribution in [2.45, 2.75) is 6.92 Å². The molecule has 0 fully saturated rings. The molecule has 0 spiro atoms. The molecule has 0 aliphatic rings. The van der Waals surface area contributed by atoms with Gasteiger partial charge in [0.2, 0.25) is 0 Å². The molecular formula is C14H17N5O2. The topological polar surface area (TPSA) is 81.9 Å². The van der Waals surface area contributed by atoms with Gasteiger partial charge >= 0.3 is 0 Å². The molecule has 7 nitrogen and oxygen atoms in total. The molecule has 1 aromatic heterocycles. The number of nitrogens with zero attached hydrogens (tertiary/aromatic N) is 4. The highest BCUT2D eigenvalue weighted by molar-refractivity contribution is 5.94. The Bertz CT molecular complexity index is 592. The van der Waals surface area contributed by atoms with Gasteiger partial charge in [0, 0.05) is 12.1 Å². The molecule has 2 aromatic rings. The second kappa shape index (κ2) is 7.30. The molecule has 1 aromatic carbocycles. The quantitative estimate of drug-likeness (QED) is 0.606. The van der Waals surface area contributed by atoms with Crippen molar-refractivity contribution in [3.05, 3.63) is 48.3 Å². The highest BCUT2D eigenvalue weighted by Crippen LogP contribution is 2.07. The summed E-state index contributed by atoms with van der Waals surface area (Å²) in [5.41, 5.74) is 2.33. The Hall–Kier alpha value is -2.54. The van der Waals surface area contributed by atoms with Gasteiger partial charge in [-0.3, -0.25) is 4.79 Å². The zero-order valence-electron chi connectivity index (χ0n) is 11.8. The van der Waals surface area contributed by atoms with E-state index in [9.17, 15) is 4.79 Å². The van der Waals surface area contributed by atoms with Gasteiger partial charge in [0.1, 0.15) is 6.33 Å². The maximum atomic E-state index is 11.9. The van der Waals surface area contributed by atoms with E-state index in [0.29, 0.717) is 25.3 Å². The number of hydrogen-bond acceptors (Lipinski definition) is 5. The first-order valence-electron chi connectivity index (χ1n) is 6.50. The normalized spacial score (nSPS) is 10.3. The molecular weight excluding hydrogens is 270 g/mol. The lowest BCUT2D eigenvalue weighted by molar-refractivity contribution is 0.0927. The number of benzene rings is 1. The van der Waals surface area contributed by atoms with Crippen LogP contribution in [0.25, 0.3) is 5.69 Å². The molecule has 0 radical (unpaired) electrons. The van der Waals surface area contributed by atoms with Crippen LogP contribution in [-0.4, -0.2) is 45.9 Å². The number of aromatic nitrogens is 4. The summed E-state index contributed by atoms with van der Waals surface area (Å²) in [5, 5.41) is 13.7. The van der Waals surface area contributed by atoms with Crippen LogP contribution in [0.5, 0.6) is 0 Å². The van der Waals surface area contributed by atoms with Gasteiger partial charge in [0.15, 0.2) is 0 Å². The van der Waals surface area contributed by atoms with E-state index in [1.54, 1.807) is 24.3 Å². The predicted octanol–water partition coefficient (Wildman–Crippen LogP) is 0.985. The van der Waals surface area contributed by atoms with Crippen molar-refractivity contribution < 1.29 is 9.53 Å². The number of amides is 1. The van der Waals surface area contributed by atoms with Crippen molar-refractivity contribution in [2.24, 2.45) is 0 Å². The molecule has 0 aliphatic heterocycles. The highest BCUT2D eigenvalue weighted by atomic mass is 16.5. The van der Waals surface area contributed by atoms with Gasteiger partial charge in [0.05, 0.1) is 18.9 Å². The molecule has 0 bridgehead atoms. The average Bonchev–Trinajstić information content (AvgIpc) is 3.01. The molecule has 0 saturated carbocycles. The van der Waals surface area contributed by atoms with Crippen LogP contribution in [0.3, 0.4) is 0 Å². The minimum atomic E-state index is -0.141. The fourth-order valence-electron chi connectivity index (χ4n) is 1.63. The summed E-state index contributed by atoms with van der Waals surface area (Å²) in [6, 6.07) is 7.01. The van der Waals surface area contributed by atoms with E-state index in [4.69, 9.17) is 4.74 Å². The number of ether oxygens (including phenoxy) is 1. The number of carbonyl (C=O) groups excluding carboxylic acids is 1. The Labute approximate surface area is 122 Å². The highest BCUT2D eigenvalue weighted by Gasteiger charge is 2.05. The van der Waals surface area contributed by atoms with Crippen LogP contribution < -0.4 is 5.32 Å². The summed E-state index contributed by atoms with van der Waals surface area (Å²) in [6.45, 7) is 7.06. The fraction of sp³-hybridized carbons (Fsp3) is 0.286. The number of nitrogens with one attached hydrogen (secondary N) is 1. The van der Waals surface area contributed by atoms with Crippen molar-refractivity contribution in [3.8, 4) is 5.69 Å². The molecule has 0 aliphatic carbocycles. The lowest BCUT2D eigenvalue weighted by atomic mass is 10.2. The lowest BCUT2D eigenvalue weighted by Gasteiger charge is -2.07. The van der Waals surface area contributed by atoms with E-state index in [2.05, 4.69) is 27.4 Å². The predicted molar refractivity (Wildman–Crippen MR) is 77.1 cm³/mol. The van der Waals surface area contributed by atoms with Gasteiger partial charge in [-0.05, 0) is 41.6 Å². The Morgan fingerprint density at radius 1 is 1.38 bits per heavy atom. The number of tetrazole rings is 1. The number of hydrogen-bond donors (Lipinski definition) is 1. The van der Waals surface area contributed by atoms with E-state index >= 15 is 0 Å². The second-order valence-electron chi connectivity index (χ2n) is 4.57. The molecule has 0 atom stereocenters. The first-order valence-corrected chi connectivity index (χ1v) is 6.50. The summed E-state index contributed by atoms with van der Waals surface area (Å²) in [7, 11) is 0. The van der Waals surface area contributed by atoms with Crippen LogP contribution in [0.4, 0.5) is 0 Å². The minimum Gasteiger partial charge on any atom is -0.375 e. The van der Waals surface area contributed by atoms with Crippen LogP contribution in [-0.2, 0) is 4.74 Å². The van der Waals surface area contributed by atoms with Gasteiger partial charge in [-0.25, -0.2) is 4.68 Å². The standard InChI is InChI=1S/C14H17N5O2/c1-11(2)9-21-8-7-15-14(20)12-3-5-13(6-4-12)19-10-16-17-18-19/h3-6,10H,1,7-9H2,2H3,(H,15,20). The van der Waals surface area contributed by atoms with E-state index < -0.39 is 0 Å². The van der Waals surface area contributed by atoms with Crippen LogP contribution >= 0.6 is 0 Å². The summed E-state index contributed by atoms with van der Waals surface area (Å²) in [5.74, 6) is -0.141. The van der Waals surface area contributed by atoms with Crippen LogP contribution in [0.2, 0.25) is 0 Å². The first kappa shape index (κ1) is 14.9.